The number of amides is 3. The van der Waals surface area contributed by atoms with Gasteiger partial charge < -0.3 is 20.3 Å². The number of hydrogen-bond acceptors (Lipinski definition) is 3. The van der Waals surface area contributed by atoms with Crippen LogP contribution >= 0.6 is 11.6 Å². The Labute approximate surface area is 122 Å². The Morgan fingerprint density at radius 3 is 3.05 bits per heavy atom. The van der Waals surface area contributed by atoms with E-state index >= 15 is 0 Å². The van der Waals surface area contributed by atoms with Crippen molar-refractivity contribution in [2.75, 3.05) is 31.6 Å². The fourth-order valence-electron chi connectivity index (χ4n) is 1.85. The Bertz CT molecular complexity index is 496. The Kier molecular flexibility index (Phi) is 5.06. The number of rotatable bonds is 4. The summed E-state index contributed by atoms with van der Waals surface area (Å²) in [5, 5.41) is 5.89. The zero-order valence-corrected chi connectivity index (χ0v) is 11.7. The Morgan fingerprint density at radius 2 is 2.30 bits per heavy atom. The summed E-state index contributed by atoms with van der Waals surface area (Å²) < 4.78 is 4.90. The van der Waals surface area contributed by atoms with E-state index in [4.69, 9.17) is 16.3 Å². The van der Waals surface area contributed by atoms with Gasteiger partial charge >= 0.3 is 12.1 Å². The Hall–Kier alpha value is -1.95. The zero-order valence-electron chi connectivity index (χ0n) is 10.9. The maximum atomic E-state index is 11.6. The van der Waals surface area contributed by atoms with E-state index in [2.05, 4.69) is 10.6 Å². The smallest absolute Gasteiger partial charge is 0.409 e. The van der Waals surface area contributed by atoms with Crippen molar-refractivity contribution in [3.05, 3.63) is 29.3 Å². The van der Waals surface area contributed by atoms with Crippen LogP contribution in [0, 0.1) is 0 Å². The normalized spacial score (nSPS) is 14.7. The van der Waals surface area contributed by atoms with Crippen molar-refractivity contribution in [1.82, 2.24) is 10.2 Å². The fourth-order valence-corrected chi connectivity index (χ4v) is 2.04. The Balaban J connectivity index is 1.71. The first-order chi connectivity index (χ1) is 9.65. The second kappa shape index (κ2) is 7.00. The highest BCUT2D eigenvalue weighted by Crippen LogP contribution is 2.14. The molecule has 1 heterocycles. The highest BCUT2D eigenvalue weighted by Gasteiger charge is 2.18. The number of benzene rings is 1. The molecule has 20 heavy (non-hydrogen) atoms. The number of carbonyl (C=O) groups is 2. The lowest BCUT2D eigenvalue weighted by molar-refractivity contribution is 0.0736. The van der Waals surface area contributed by atoms with Gasteiger partial charge in [0, 0.05) is 30.3 Å². The predicted octanol–water partition coefficient (Wildman–Crippen LogP) is 2.30. The van der Waals surface area contributed by atoms with Crippen LogP contribution in [0.3, 0.4) is 0 Å². The van der Waals surface area contributed by atoms with E-state index in [0.29, 0.717) is 37.0 Å². The number of urea groups is 1. The number of anilines is 1. The average molecular weight is 298 g/mol. The van der Waals surface area contributed by atoms with E-state index in [1.807, 2.05) is 0 Å². The second-order valence-electron chi connectivity index (χ2n) is 4.35. The van der Waals surface area contributed by atoms with Crippen molar-refractivity contribution in [1.29, 1.82) is 0 Å². The maximum absolute atomic E-state index is 11.6. The van der Waals surface area contributed by atoms with Crippen LogP contribution in [-0.2, 0) is 4.74 Å². The summed E-state index contributed by atoms with van der Waals surface area (Å²) in [6.07, 6.45) is 0.494. The van der Waals surface area contributed by atoms with Gasteiger partial charge in [-0.25, -0.2) is 9.59 Å². The van der Waals surface area contributed by atoms with Crippen LogP contribution in [0.2, 0.25) is 5.02 Å². The number of hydrogen-bond donors (Lipinski definition) is 2. The van der Waals surface area contributed by atoms with Crippen LogP contribution < -0.4 is 10.6 Å². The van der Waals surface area contributed by atoms with Crippen molar-refractivity contribution in [3.63, 3.8) is 0 Å². The molecular formula is C13H16ClN3O3. The largest absolute Gasteiger partial charge is 0.449 e. The van der Waals surface area contributed by atoms with Gasteiger partial charge in [0.15, 0.2) is 0 Å². The molecular weight excluding hydrogens is 282 g/mol. The number of ether oxygens (including phenoxy) is 1. The molecule has 3 amide bonds. The van der Waals surface area contributed by atoms with Gasteiger partial charge in [0.1, 0.15) is 0 Å². The predicted molar refractivity (Wildman–Crippen MR) is 76.0 cm³/mol. The summed E-state index contributed by atoms with van der Waals surface area (Å²) in [5.74, 6) is 0. The van der Waals surface area contributed by atoms with Crippen LogP contribution in [0.15, 0.2) is 24.3 Å². The van der Waals surface area contributed by atoms with Gasteiger partial charge in [-0.15, -0.1) is 0 Å². The molecule has 2 rings (SSSR count). The third-order valence-electron chi connectivity index (χ3n) is 2.81. The molecule has 0 atom stereocenters. The van der Waals surface area contributed by atoms with E-state index in [-0.39, 0.29) is 12.1 Å². The van der Waals surface area contributed by atoms with Crippen LogP contribution in [0.5, 0.6) is 0 Å². The van der Waals surface area contributed by atoms with E-state index in [1.165, 1.54) is 0 Å². The minimum atomic E-state index is -0.336. The highest BCUT2D eigenvalue weighted by molar-refractivity contribution is 6.30. The van der Waals surface area contributed by atoms with Crippen LogP contribution in [0.25, 0.3) is 0 Å². The molecule has 1 saturated heterocycles. The first kappa shape index (κ1) is 14.5. The van der Waals surface area contributed by atoms with E-state index in [1.54, 1.807) is 29.2 Å². The van der Waals surface area contributed by atoms with Crippen LogP contribution in [0.1, 0.15) is 6.42 Å². The summed E-state index contributed by atoms with van der Waals surface area (Å²) in [7, 11) is 0. The van der Waals surface area contributed by atoms with Crippen molar-refractivity contribution in [3.8, 4) is 0 Å². The minimum Gasteiger partial charge on any atom is -0.449 e. The van der Waals surface area contributed by atoms with E-state index < -0.39 is 0 Å². The molecule has 1 aromatic carbocycles. The lowest BCUT2D eigenvalue weighted by atomic mass is 10.3. The molecule has 7 heteroatoms. The molecule has 1 aliphatic heterocycles. The summed E-state index contributed by atoms with van der Waals surface area (Å²) in [4.78, 5) is 24.6. The molecule has 0 radical (unpaired) electrons. The monoisotopic (exact) mass is 297 g/mol. The summed E-state index contributed by atoms with van der Waals surface area (Å²) in [6.45, 7) is 1.93. The Morgan fingerprint density at radius 1 is 1.45 bits per heavy atom. The molecule has 6 nitrogen and oxygen atoms in total. The van der Waals surface area contributed by atoms with Gasteiger partial charge in [0.25, 0.3) is 0 Å². The van der Waals surface area contributed by atoms with Gasteiger partial charge in [0.05, 0.1) is 6.61 Å². The standard InChI is InChI=1S/C13H16ClN3O3/c14-10-3-1-4-11(9-10)16-12(18)15-5-7-17-6-2-8-20-13(17)19/h1,3-4,9H,2,5-8H2,(H2,15,16,18). The van der Waals surface area contributed by atoms with Crippen LogP contribution in [-0.4, -0.2) is 43.3 Å². The highest BCUT2D eigenvalue weighted by atomic mass is 35.5. The first-order valence-electron chi connectivity index (χ1n) is 6.37. The van der Waals surface area contributed by atoms with Gasteiger partial charge in [-0.1, -0.05) is 17.7 Å². The molecule has 1 aromatic rings. The lowest BCUT2D eigenvalue weighted by Crippen LogP contribution is -2.43. The molecule has 0 aromatic heterocycles. The lowest BCUT2D eigenvalue weighted by Gasteiger charge is -2.26. The number of carbonyl (C=O) groups excluding carboxylic acids is 2. The van der Waals surface area contributed by atoms with E-state index in [9.17, 15) is 9.59 Å². The van der Waals surface area contributed by atoms with Crippen LogP contribution in [0.4, 0.5) is 15.3 Å². The second-order valence-corrected chi connectivity index (χ2v) is 4.78. The molecule has 1 aliphatic rings. The van der Waals surface area contributed by atoms with Gasteiger partial charge in [0.2, 0.25) is 0 Å². The molecule has 0 bridgehead atoms. The van der Waals surface area contributed by atoms with Crippen molar-refractivity contribution in [2.24, 2.45) is 0 Å². The van der Waals surface area contributed by atoms with Gasteiger partial charge in [-0.05, 0) is 24.6 Å². The number of nitrogens with one attached hydrogen (secondary N) is 2. The van der Waals surface area contributed by atoms with Crippen molar-refractivity contribution >= 4 is 29.4 Å². The molecule has 0 unspecified atom stereocenters. The summed E-state index contributed by atoms with van der Waals surface area (Å²) >= 11 is 5.82. The molecule has 1 fully saturated rings. The average Bonchev–Trinajstić information content (AvgIpc) is 2.41. The topological polar surface area (TPSA) is 70.7 Å². The molecule has 2 N–H and O–H groups in total. The van der Waals surface area contributed by atoms with Crippen molar-refractivity contribution < 1.29 is 14.3 Å². The third-order valence-corrected chi connectivity index (χ3v) is 3.04. The quantitative estimate of drug-likeness (QED) is 0.896. The molecule has 0 spiro atoms. The third kappa shape index (κ3) is 4.31. The van der Waals surface area contributed by atoms with Crippen molar-refractivity contribution in [2.45, 2.75) is 6.42 Å². The van der Waals surface area contributed by atoms with Gasteiger partial charge in [-0.3, -0.25) is 0 Å². The molecule has 0 aliphatic carbocycles. The molecule has 0 saturated carbocycles. The molecule has 108 valence electrons. The fraction of sp³-hybridized carbons (Fsp3) is 0.385. The summed E-state index contributed by atoms with van der Waals surface area (Å²) in [6, 6.07) is 6.54. The SMILES string of the molecule is O=C(NCCN1CCCOC1=O)Nc1cccc(Cl)c1. The summed E-state index contributed by atoms with van der Waals surface area (Å²) in [5.41, 5.74) is 0.618. The van der Waals surface area contributed by atoms with Gasteiger partial charge in [-0.2, -0.15) is 0 Å². The van der Waals surface area contributed by atoms with E-state index in [0.717, 1.165) is 6.42 Å². The number of nitrogens with zero attached hydrogens (tertiary/aromatic N) is 1. The first-order valence-corrected chi connectivity index (χ1v) is 6.75. The maximum Gasteiger partial charge on any atom is 0.409 e. The number of halogens is 1. The number of cyclic esters (lactones) is 1. The minimum absolute atomic E-state index is 0.326. The zero-order chi connectivity index (χ0) is 14.4.